The third-order valence-corrected chi connectivity index (χ3v) is 5.01. The molecule has 0 aliphatic carbocycles. The average Bonchev–Trinajstić information content (AvgIpc) is 2.41. The van der Waals surface area contributed by atoms with E-state index in [0.29, 0.717) is 0 Å². The second-order valence-electron chi connectivity index (χ2n) is 3.63. The minimum Gasteiger partial charge on any atom is -0.870 e. The second-order valence-corrected chi connectivity index (χ2v) is 6.59. The molecule has 1 aromatic rings. The Balaban J connectivity index is -0.000000317. The molecule has 0 unspecified atom stereocenters. The van der Waals surface area contributed by atoms with Crippen LogP contribution in [-0.4, -0.2) is 57.7 Å². The van der Waals surface area contributed by atoms with Crippen LogP contribution < -0.4 is 10.2 Å². The molecule has 1 rings (SSSR count). The van der Waals surface area contributed by atoms with Gasteiger partial charge < -0.3 is 25.3 Å². The van der Waals surface area contributed by atoms with Crippen molar-refractivity contribution in [3.63, 3.8) is 0 Å². The molecule has 0 heterocycles. The molecule has 21 heavy (non-hydrogen) atoms. The van der Waals surface area contributed by atoms with Crippen molar-refractivity contribution in [2.75, 3.05) is 17.3 Å². The molecule has 1 N–H and O–H groups in total. The van der Waals surface area contributed by atoms with E-state index in [2.05, 4.69) is 20.8 Å². The van der Waals surface area contributed by atoms with Gasteiger partial charge in [0.05, 0.1) is 11.9 Å². The van der Waals surface area contributed by atoms with Gasteiger partial charge in [0.1, 0.15) is 17.3 Å². The van der Waals surface area contributed by atoms with Crippen LogP contribution in [0.4, 0.5) is 0 Å². The van der Waals surface area contributed by atoms with Crippen molar-refractivity contribution in [3.8, 4) is 0 Å². The Morgan fingerprint density at radius 3 is 1.48 bits per heavy atom. The van der Waals surface area contributed by atoms with Crippen LogP contribution >= 0.6 is 0 Å². The number of benzene rings is 1. The van der Waals surface area contributed by atoms with Crippen LogP contribution in [0.1, 0.15) is 41.5 Å². The quantitative estimate of drug-likeness (QED) is 0.536. The Hall–Kier alpha value is -0.764. The number of hydrogen-bond acceptors (Lipinski definition) is 5. The summed E-state index contributed by atoms with van der Waals surface area (Å²) in [6, 6.07) is 4.81. The molecule has 0 aromatic heterocycles. The first-order chi connectivity index (χ1) is 8.96. The maximum absolute atomic E-state index is 10.3. The van der Waals surface area contributed by atoms with Gasteiger partial charge in [-0.05, 0) is 48.9 Å². The zero-order valence-electron chi connectivity index (χ0n) is 12.6. The normalized spacial score (nSPS) is 8.76. The van der Waals surface area contributed by atoms with E-state index < -0.39 is 11.9 Å². The first-order valence-corrected chi connectivity index (χ1v) is 7.86. The molecule has 0 spiro atoms. The third-order valence-electron chi connectivity index (χ3n) is 2.56. The molecule has 0 fully saturated rings. The van der Waals surface area contributed by atoms with E-state index in [1.807, 2.05) is 0 Å². The van der Waals surface area contributed by atoms with E-state index >= 15 is 0 Å². The first kappa shape index (κ1) is 25.2. The largest absolute Gasteiger partial charge is 2.00 e. The molecule has 7 heteroatoms. The summed E-state index contributed by atoms with van der Waals surface area (Å²) in [5.74, 6) is 1.34. The predicted octanol–water partition coefficient (Wildman–Crippen LogP) is -0.480. The van der Waals surface area contributed by atoms with Gasteiger partial charge in [0.15, 0.2) is 0 Å². The molecular weight excluding hydrogens is 305 g/mol. The predicted molar refractivity (Wildman–Crippen MR) is 81.8 cm³/mol. The van der Waals surface area contributed by atoms with E-state index in [1.165, 1.54) is 35.5 Å². The van der Waals surface area contributed by atoms with Crippen LogP contribution in [0.5, 0.6) is 0 Å². The zero-order chi connectivity index (χ0) is 14.8. The SMILES string of the molecule is CC[S+](CC)CC.O=C([O-])c1cccc(C(=O)[O-])c1.[Mg+2].[OH-]. The maximum atomic E-state index is 10.3. The van der Waals surface area contributed by atoms with Crippen molar-refractivity contribution >= 4 is 45.9 Å². The summed E-state index contributed by atoms with van der Waals surface area (Å²) < 4.78 is 0. The van der Waals surface area contributed by atoms with Gasteiger partial charge in [-0.3, -0.25) is 0 Å². The average molecular weight is 325 g/mol. The van der Waals surface area contributed by atoms with Crippen LogP contribution in [0.3, 0.4) is 0 Å². The third kappa shape index (κ3) is 10.6. The Bertz CT molecular complexity index is 387. The molecule has 0 aliphatic rings. The van der Waals surface area contributed by atoms with E-state index in [1.54, 1.807) is 0 Å². The Morgan fingerprint density at radius 1 is 0.952 bits per heavy atom. The summed E-state index contributed by atoms with van der Waals surface area (Å²) in [4.78, 5) is 20.5. The van der Waals surface area contributed by atoms with Gasteiger partial charge >= 0.3 is 23.1 Å². The molecule has 0 amide bonds. The number of hydrogen-bond donors (Lipinski definition) is 0. The fourth-order valence-electron chi connectivity index (χ4n) is 1.39. The molecule has 0 atom stereocenters. The summed E-state index contributed by atoms with van der Waals surface area (Å²) in [5, 5.41) is 20.5. The van der Waals surface area contributed by atoms with Crippen LogP contribution in [0, 0.1) is 0 Å². The van der Waals surface area contributed by atoms with Crippen LogP contribution in [0.2, 0.25) is 0 Å². The molecule has 0 radical (unpaired) electrons. The number of aromatic carboxylic acids is 2. The number of carbonyl (C=O) groups is 2. The summed E-state index contributed by atoms with van der Waals surface area (Å²) in [6.45, 7) is 6.82. The van der Waals surface area contributed by atoms with E-state index in [0.717, 1.165) is 17.0 Å². The van der Waals surface area contributed by atoms with Gasteiger partial charge in [-0.2, -0.15) is 0 Å². The fourth-order valence-corrected chi connectivity index (χ4v) is 2.61. The minimum atomic E-state index is -1.40. The van der Waals surface area contributed by atoms with Crippen LogP contribution in [-0.2, 0) is 10.9 Å². The van der Waals surface area contributed by atoms with Crippen molar-refractivity contribution in [3.05, 3.63) is 35.4 Å². The van der Waals surface area contributed by atoms with Gasteiger partial charge in [-0.1, -0.05) is 18.2 Å². The molecular formula is C14H20MgO5S. The molecule has 114 valence electrons. The number of carboxylic acid groups (broad SMARTS) is 2. The second kappa shape index (κ2) is 14.2. The van der Waals surface area contributed by atoms with E-state index in [4.69, 9.17) is 0 Å². The molecule has 0 saturated carbocycles. The Kier molecular flexibility index (Phi) is 17.0. The zero-order valence-corrected chi connectivity index (χ0v) is 14.9. The summed E-state index contributed by atoms with van der Waals surface area (Å²) in [7, 11) is 0.755. The first-order valence-electron chi connectivity index (χ1n) is 6.13. The maximum Gasteiger partial charge on any atom is 2.00 e. The van der Waals surface area contributed by atoms with Gasteiger partial charge in [-0.25, -0.2) is 0 Å². The summed E-state index contributed by atoms with van der Waals surface area (Å²) >= 11 is 0. The Morgan fingerprint density at radius 2 is 1.29 bits per heavy atom. The van der Waals surface area contributed by atoms with Gasteiger partial charge in [0.25, 0.3) is 0 Å². The Labute approximate surface area is 144 Å². The molecule has 0 bridgehead atoms. The van der Waals surface area contributed by atoms with Gasteiger partial charge in [-0.15, -0.1) is 0 Å². The van der Waals surface area contributed by atoms with E-state index in [9.17, 15) is 19.8 Å². The van der Waals surface area contributed by atoms with Gasteiger partial charge in [0, 0.05) is 0 Å². The van der Waals surface area contributed by atoms with Crippen LogP contribution in [0.15, 0.2) is 24.3 Å². The monoisotopic (exact) mass is 324 g/mol. The van der Waals surface area contributed by atoms with Crippen LogP contribution in [0.25, 0.3) is 0 Å². The molecule has 0 aliphatic heterocycles. The summed E-state index contributed by atoms with van der Waals surface area (Å²) in [6.07, 6.45) is 0. The smallest absolute Gasteiger partial charge is 0.870 e. The minimum absolute atomic E-state index is 0. The number of carboxylic acids is 2. The van der Waals surface area contributed by atoms with E-state index in [-0.39, 0.29) is 39.7 Å². The molecule has 1 aromatic carbocycles. The molecule has 0 saturated heterocycles. The van der Waals surface area contributed by atoms with Gasteiger partial charge in [0.2, 0.25) is 0 Å². The standard InChI is InChI=1S/C8H6O4.C6H15S.Mg.H2O/c9-7(10)5-2-1-3-6(4-5)8(11)12;1-4-7(5-2)6-3;;/h1-4H,(H,9,10)(H,11,12);4-6H2,1-3H3;;1H2/q;+1;+2;/p-3. The van der Waals surface area contributed by atoms with Crippen molar-refractivity contribution in [2.45, 2.75) is 20.8 Å². The topological polar surface area (TPSA) is 110 Å². The van der Waals surface area contributed by atoms with Crippen molar-refractivity contribution in [2.24, 2.45) is 0 Å². The van der Waals surface area contributed by atoms with Crippen molar-refractivity contribution in [1.29, 1.82) is 0 Å². The fraction of sp³-hybridized carbons (Fsp3) is 0.429. The number of carbonyl (C=O) groups excluding carboxylic acids is 2. The number of rotatable bonds is 5. The summed E-state index contributed by atoms with van der Waals surface area (Å²) in [5.41, 5.74) is -0.339. The van der Waals surface area contributed by atoms with Crippen molar-refractivity contribution in [1.82, 2.24) is 0 Å². The van der Waals surface area contributed by atoms with Crippen molar-refractivity contribution < 1.29 is 25.3 Å². The molecule has 5 nitrogen and oxygen atoms in total.